The minimum atomic E-state index is 0.0511. The van der Waals surface area contributed by atoms with Crippen LogP contribution in [0.25, 0.3) is 11.0 Å². The average Bonchev–Trinajstić information content (AvgIpc) is 2.88. The molecule has 4 rings (SSSR count). The fraction of sp³-hybridized carbons (Fsp3) is 0.421. The molecule has 1 atom stereocenters. The van der Waals surface area contributed by atoms with Gasteiger partial charge in [0, 0.05) is 19.9 Å². The Balaban J connectivity index is 1.65. The van der Waals surface area contributed by atoms with E-state index in [9.17, 15) is 0 Å². The summed E-state index contributed by atoms with van der Waals surface area (Å²) >= 11 is 0. The molecule has 7 nitrogen and oxygen atoms in total. The summed E-state index contributed by atoms with van der Waals surface area (Å²) < 4.78 is 13.3. The molecule has 3 aromatic rings. The van der Waals surface area contributed by atoms with Crippen molar-refractivity contribution in [1.29, 1.82) is 0 Å². The molecule has 0 spiro atoms. The van der Waals surface area contributed by atoms with Gasteiger partial charge < -0.3 is 14.8 Å². The molecule has 0 saturated carbocycles. The Bertz CT molecular complexity index is 937. The summed E-state index contributed by atoms with van der Waals surface area (Å²) in [5, 5.41) is 8.75. The maximum atomic E-state index is 5.81. The van der Waals surface area contributed by atoms with Crippen molar-refractivity contribution in [1.82, 2.24) is 19.7 Å². The fourth-order valence-corrected chi connectivity index (χ4v) is 3.07. The lowest BCUT2D eigenvalue weighted by molar-refractivity contribution is 0.297. The van der Waals surface area contributed by atoms with E-state index in [4.69, 9.17) is 9.47 Å². The number of ether oxygens (including phenoxy) is 2. The zero-order valence-electron chi connectivity index (χ0n) is 15.3. The molecule has 0 fully saturated rings. The molecule has 3 heterocycles. The number of aryl methyl sites for hydroxylation is 2. The van der Waals surface area contributed by atoms with Crippen LogP contribution < -0.4 is 14.8 Å². The van der Waals surface area contributed by atoms with E-state index < -0.39 is 0 Å². The van der Waals surface area contributed by atoms with Crippen LogP contribution in [0.5, 0.6) is 11.5 Å². The van der Waals surface area contributed by atoms with Crippen molar-refractivity contribution in [3.8, 4) is 11.5 Å². The van der Waals surface area contributed by atoms with Crippen LogP contribution in [-0.2, 0) is 13.5 Å². The maximum absolute atomic E-state index is 5.81. The number of aromatic nitrogens is 4. The van der Waals surface area contributed by atoms with Gasteiger partial charge in [0.1, 0.15) is 11.6 Å². The van der Waals surface area contributed by atoms with E-state index in [1.54, 1.807) is 10.9 Å². The molecule has 0 aliphatic carbocycles. The Hall–Kier alpha value is -2.83. The molecule has 26 heavy (non-hydrogen) atoms. The molecular formula is C19H23N5O2. The average molecular weight is 353 g/mol. The molecule has 2 aromatic heterocycles. The van der Waals surface area contributed by atoms with Gasteiger partial charge in [-0.2, -0.15) is 5.10 Å². The van der Waals surface area contributed by atoms with Crippen molar-refractivity contribution in [3.63, 3.8) is 0 Å². The van der Waals surface area contributed by atoms with E-state index in [2.05, 4.69) is 40.3 Å². The Kier molecular flexibility index (Phi) is 4.36. The molecule has 136 valence electrons. The molecule has 0 radical (unpaired) electrons. The van der Waals surface area contributed by atoms with Gasteiger partial charge in [-0.1, -0.05) is 13.0 Å². The minimum absolute atomic E-state index is 0.0511. The smallest absolute Gasteiger partial charge is 0.163 e. The first-order valence-electron chi connectivity index (χ1n) is 9.00. The van der Waals surface area contributed by atoms with Crippen LogP contribution in [0.1, 0.15) is 37.7 Å². The molecule has 1 aliphatic heterocycles. The van der Waals surface area contributed by atoms with Crippen LogP contribution in [0.3, 0.4) is 0 Å². The molecule has 0 amide bonds. The number of benzene rings is 1. The summed E-state index contributed by atoms with van der Waals surface area (Å²) in [7, 11) is 1.89. The Labute approximate surface area is 152 Å². The van der Waals surface area contributed by atoms with Crippen molar-refractivity contribution >= 4 is 16.9 Å². The lowest BCUT2D eigenvalue weighted by Crippen LogP contribution is -2.10. The van der Waals surface area contributed by atoms with Gasteiger partial charge in [0.05, 0.1) is 30.8 Å². The van der Waals surface area contributed by atoms with Gasteiger partial charge in [-0.25, -0.2) is 9.97 Å². The second-order valence-electron chi connectivity index (χ2n) is 6.47. The monoisotopic (exact) mass is 353 g/mol. The van der Waals surface area contributed by atoms with Crippen LogP contribution in [0.2, 0.25) is 0 Å². The zero-order valence-corrected chi connectivity index (χ0v) is 15.3. The van der Waals surface area contributed by atoms with Crippen LogP contribution >= 0.6 is 0 Å². The minimum Gasteiger partial charge on any atom is -0.490 e. The van der Waals surface area contributed by atoms with E-state index in [0.29, 0.717) is 13.2 Å². The van der Waals surface area contributed by atoms with E-state index in [0.717, 1.165) is 52.6 Å². The summed E-state index contributed by atoms with van der Waals surface area (Å²) in [6, 6.07) is 6.13. The first-order chi connectivity index (χ1) is 12.7. The quantitative estimate of drug-likeness (QED) is 0.776. The largest absolute Gasteiger partial charge is 0.490 e. The van der Waals surface area contributed by atoms with Crippen molar-refractivity contribution in [2.45, 2.75) is 32.7 Å². The van der Waals surface area contributed by atoms with Crippen LogP contribution in [-0.4, -0.2) is 33.0 Å². The van der Waals surface area contributed by atoms with Crippen LogP contribution in [0.4, 0.5) is 5.82 Å². The molecule has 1 aliphatic rings. The number of fused-ring (bicyclic) bond motifs is 2. The molecule has 1 unspecified atom stereocenters. The van der Waals surface area contributed by atoms with Gasteiger partial charge in [-0.05, 0) is 24.6 Å². The third-order valence-corrected chi connectivity index (χ3v) is 4.58. The van der Waals surface area contributed by atoms with Crippen molar-refractivity contribution in [3.05, 3.63) is 35.8 Å². The number of hydrogen-bond acceptors (Lipinski definition) is 6. The number of nitrogens with zero attached hydrogens (tertiary/aromatic N) is 4. The third kappa shape index (κ3) is 3.05. The molecule has 0 saturated heterocycles. The van der Waals surface area contributed by atoms with Gasteiger partial charge in [-0.15, -0.1) is 0 Å². The van der Waals surface area contributed by atoms with Gasteiger partial charge in [0.15, 0.2) is 17.1 Å². The molecular weight excluding hydrogens is 330 g/mol. The standard InChI is InChI=1S/C19H23N5O2/c1-4-17-22-18(14-11-20-24(3)19(14)23-17)21-12(2)13-6-7-15-16(10-13)26-9-5-8-25-15/h6-7,10-12H,4-5,8-9H2,1-3H3,(H,21,22,23). The first kappa shape index (κ1) is 16.6. The van der Waals surface area contributed by atoms with Crippen molar-refractivity contribution < 1.29 is 9.47 Å². The molecule has 7 heteroatoms. The summed E-state index contributed by atoms with van der Waals surface area (Å²) in [5.41, 5.74) is 1.95. The Morgan fingerprint density at radius 1 is 1.19 bits per heavy atom. The highest BCUT2D eigenvalue weighted by Crippen LogP contribution is 2.33. The predicted molar refractivity (Wildman–Crippen MR) is 99.8 cm³/mol. The van der Waals surface area contributed by atoms with E-state index >= 15 is 0 Å². The second kappa shape index (κ2) is 6.82. The summed E-state index contributed by atoms with van der Waals surface area (Å²) in [6.07, 6.45) is 3.48. The SMILES string of the molecule is CCc1nc(NC(C)c2ccc3c(c2)OCCCO3)c2cnn(C)c2n1. The second-order valence-corrected chi connectivity index (χ2v) is 6.47. The number of nitrogens with one attached hydrogen (secondary N) is 1. The van der Waals surface area contributed by atoms with Gasteiger partial charge in [0.25, 0.3) is 0 Å². The van der Waals surface area contributed by atoms with E-state index in [1.165, 1.54) is 0 Å². The molecule has 1 N–H and O–H groups in total. The van der Waals surface area contributed by atoms with E-state index in [-0.39, 0.29) is 6.04 Å². The predicted octanol–water partition coefficient (Wildman–Crippen LogP) is 3.26. The highest BCUT2D eigenvalue weighted by molar-refractivity contribution is 5.86. The highest BCUT2D eigenvalue weighted by Gasteiger charge is 2.16. The normalized spacial score (nSPS) is 14.9. The lowest BCUT2D eigenvalue weighted by atomic mass is 10.1. The topological polar surface area (TPSA) is 74.1 Å². The fourth-order valence-electron chi connectivity index (χ4n) is 3.07. The Morgan fingerprint density at radius 3 is 2.81 bits per heavy atom. The number of anilines is 1. The Morgan fingerprint density at radius 2 is 2.00 bits per heavy atom. The first-order valence-corrected chi connectivity index (χ1v) is 9.00. The summed E-state index contributed by atoms with van der Waals surface area (Å²) in [4.78, 5) is 9.24. The molecule has 0 bridgehead atoms. The lowest BCUT2D eigenvalue weighted by Gasteiger charge is -2.18. The van der Waals surface area contributed by atoms with Gasteiger partial charge in [-0.3, -0.25) is 4.68 Å². The van der Waals surface area contributed by atoms with Crippen LogP contribution in [0.15, 0.2) is 24.4 Å². The van der Waals surface area contributed by atoms with Gasteiger partial charge >= 0.3 is 0 Å². The number of rotatable bonds is 4. The van der Waals surface area contributed by atoms with Crippen LogP contribution in [0, 0.1) is 0 Å². The van der Waals surface area contributed by atoms with Gasteiger partial charge in [0.2, 0.25) is 0 Å². The molecule has 1 aromatic carbocycles. The highest BCUT2D eigenvalue weighted by atomic mass is 16.5. The number of hydrogen-bond donors (Lipinski definition) is 1. The maximum Gasteiger partial charge on any atom is 0.163 e. The zero-order chi connectivity index (χ0) is 18.1. The summed E-state index contributed by atoms with van der Waals surface area (Å²) in [5.74, 6) is 3.22. The van der Waals surface area contributed by atoms with Crippen molar-refractivity contribution in [2.75, 3.05) is 18.5 Å². The van der Waals surface area contributed by atoms with E-state index in [1.807, 2.05) is 19.2 Å². The van der Waals surface area contributed by atoms with Crippen molar-refractivity contribution in [2.24, 2.45) is 7.05 Å². The summed E-state index contributed by atoms with van der Waals surface area (Å²) in [6.45, 7) is 5.53. The third-order valence-electron chi connectivity index (χ3n) is 4.58.